The third kappa shape index (κ3) is 3.36. The maximum Gasteiger partial charge on any atom is 0.107 e. The second kappa shape index (κ2) is 6.93. The minimum Gasteiger partial charge on any atom is -0.317 e. The number of nitrogens with zero attached hydrogens (tertiary/aromatic N) is 3. The van der Waals surface area contributed by atoms with Gasteiger partial charge in [0.05, 0.1) is 13.1 Å². The topological polar surface area (TPSA) is 41.1 Å². The molecule has 2 fully saturated rings. The standard InChI is InChI=1S/C15H20N4S2.ClH/c1-3-16-4-2-15(1)9-12(15)19(10-13-17-5-7-20-13)11-14-18-6-8-21-14;/h5-8,12,16H,1-4,9-11H2;1H. The highest BCUT2D eigenvalue weighted by Gasteiger charge is 2.56. The molecule has 3 heterocycles. The molecule has 4 nitrogen and oxygen atoms in total. The van der Waals surface area contributed by atoms with Gasteiger partial charge in [0.15, 0.2) is 0 Å². The average Bonchev–Trinajstić information content (AvgIpc) is 2.96. The SMILES string of the molecule is Cl.c1csc(CN(Cc2nccs2)C2CC23CCNCC3)n1. The third-order valence-electron chi connectivity index (χ3n) is 4.83. The Kier molecular flexibility index (Phi) is 5.14. The summed E-state index contributed by atoms with van der Waals surface area (Å²) in [5.74, 6) is 0. The van der Waals surface area contributed by atoms with Crippen molar-refractivity contribution < 1.29 is 0 Å². The maximum atomic E-state index is 4.48. The molecule has 1 saturated carbocycles. The summed E-state index contributed by atoms with van der Waals surface area (Å²) in [7, 11) is 0. The number of rotatable bonds is 5. The summed E-state index contributed by atoms with van der Waals surface area (Å²) < 4.78 is 0. The van der Waals surface area contributed by atoms with Crippen LogP contribution in [0, 0.1) is 5.41 Å². The van der Waals surface area contributed by atoms with Crippen LogP contribution in [-0.2, 0) is 13.1 Å². The summed E-state index contributed by atoms with van der Waals surface area (Å²) in [4.78, 5) is 11.6. The van der Waals surface area contributed by atoms with E-state index in [1.807, 2.05) is 12.4 Å². The van der Waals surface area contributed by atoms with Crippen molar-refractivity contribution >= 4 is 35.1 Å². The molecule has 22 heavy (non-hydrogen) atoms. The summed E-state index contributed by atoms with van der Waals surface area (Å²) in [6.45, 7) is 4.30. The average molecular weight is 357 g/mol. The summed E-state index contributed by atoms with van der Waals surface area (Å²) in [6.07, 6.45) is 7.82. The minimum atomic E-state index is 0. The zero-order valence-corrected chi connectivity index (χ0v) is 14.9. The van der Waals surface area contributed by atoms with Crippen molar-refractivity contribution in [2.45, 2.75) is 38.4 Å². The number of hydrogen-bond acceptors (Lipinski definition) is 6. The Balaban J connectivity index is 0.00000144. The second-order valence-corrected chi connectivity index (χ2v) is 8.05. The number of aromatic nitrogens is 2. The second-order valence-electron chi connectivity index (χ2n) is 6.09. The Morgan fingerprint density at radius 1 is 1.09 bits per heavy atom. The number of thiazole rings is 2. The van der Waals surface area contributed by atoms with Gasteiger partial charge in [-0.05, 0) is 37.8 Å². The molecule has 4 rings (SSSR count). The minimum absolute atomic E-state index is 0. The molecule has 1 unspecified atom stereocenters. The van der Waals surface area contributed by atoms with E-state index in [9.17, 15) is 0 Å². The highest BCUT2D eigenvalue weighted by atomic mass is 35.5. The molecule has 120 valence electrons. The Morgan fingerprint density at radius 2 is 1.68 bits per heavy atom. The molecule has 2 aromatic rings. The van der Waals surface area contributed by atoms with Crippen molar-refractivity contribution in [2.24, 2.45) is 5.41 Å². The first-order valence-electron chi connectivity index (χ1n) is 7.57. The van der Waals surface area contributed by atoms with E-state index in [0.717, 1.165) is 13.1 Å². The molecule has 0 bridgehead atoms. The van der Waals surface area contributed by atoms with Crippen LogP contribution >= 0.6 is 35.1 Å². The summed E-state index contributed by atoms with van der Waals surface area (Å²) >= 11 is 3.52. The van der Waals surface area contributed by atoms with E-state index in [1.54, 1.807) is 22.7 Å². The molecule has 1 aliphatic carbocycles. The van der Waals surface area contributed by atoms with Crippen molar-refractivity contribution in [1.82, 2.24) is 20.2 Å². The van der Waals surface area contributed by atoms with Gasteiger partial charge in [-0.25, -0.2) is 9.97 Å². The quantitative estimate of drug-likeness (QED) is 0.893. The van der Waals surface area contributed by atoms with Crippen LogP contribution < -0.4 is 5.32 Å². The Morgan fingerprint density at radius 3 is 2.18 bits per heavy atom. The van der Waals surface area contributed by atoms with Gasteiger partial charge in [-0.3, -0.25) is 4.90 Å². The van der Waals surface area contributed by atoms with E-state index in [-0.39, 0.29) is 12.4 Å². The smallest absolute Gasteiger partial charge is 0.107 e. The first-order valence-corrected chi connectivity index (χ1v) is 9.33. The zero-order valence-electron chi connectivity index (χ0n) is 12.4. The van der Waals surface area contributed by atoms with Gasteiger partial charge < -0.3 is 5.32 Å². The monoisotopic (exact) mass is 356 g/mol. The van der Waals surface area contributed by atoms with Crippen molar-refractivity contribution in [3.05, 3.63) is 33.2 Å². The lowest BCUT2D eigenvalue weighted by molar-refractivity contribution is 0.187. The van der Waals surface area contributed by atoms with Gasteiger partial charge >= 0.3 is 0 Å². The number of hydrogen-bond donors (Lipinski definition) is 1. The molecule has 0 radical (unpaired) electrons. The molecule has 7 heteroatoms. The van der Waals surface area contributed by atoms with Gasteiger partial charge in [-0.15, -0.1) is 35.1 Å². The normalized spacial score (nSPS) is 22.7. The first-order chi connectivity index (χ1) is 10.4. The van der Waals surface area contributed by atoms with Gasteiger partial charge in [-0.1, -0.05) is 0 Å². The van der Waals surface area contributed by atoms with Crippen LogP contribution in [0.4, 0.5) is 0 Å². The number of nitrogens with one attached hydrogen (secondary N) is 1. The molecular formula is C15H21ClN4S2. The van der Waals surface area contributed by atoms with Crippen LogP contribution in [0.2, 0.25) is 0 Å². The lowest BCUT2D eigenvalue weighted by Gasteiger charge is -2.28. The van der Waals surface area contributed by atoms with Gasteiger partial charge in [0.1, 0.15) is 10.0 Å². The number of halogens is 1. The van der Waals surface area contributed by atoms with Crippen LogP contribution in [0.5, 0.6) is 0 Å². The molecule has 0 aromatic carbocycles. The fourth-order valence-corrected chi connectivity index (χ4v) is 4.87. The molecule has 1 saturated heterocycles. The van der Waals surface area contributed by atoms with Gasteiger partial charge in [0.2, 0.25) is 0 Å². The molecule has 2 aliphatic rings. The van der Waals surface area contributed by atoms with E-state index < -0.39 is 0 Å². The molecule has 1 N–H and O–H groups in total. The molecule has 1 atom stereocenters. The molecule has 0 amide bonds. The van der Waals surface area contributed by atoms with Crippen LogP contribution in [0.15, 0.2) is 23.2 Å². The van der Waals surface area contributed by atoms with Crippen molar-refractivity contribution in [1.29, 1.82) is 0 Å². The van der Waals surface area contributed by atoms with Crippen LogP contribution in [-0.4, -0.2) is 34.0 Å². The lowest BCUT2D eigenvalue weighted by Crippen LogP contribution is -2.35. The summed E-state index contributed by atoms with van der Waals surface area (Å²) in [5.41, 5.74) is 0.569. The molecule has 1 spiro atoms. The molecule has 2 aromatic heterocycles. The van der Waals surface area contributed by atoms with Crippen molar-refractivity contribution in [3.63, 3.8) is 0 Å². The van der Waals surface area contributed by atoms with Crippen LogP contribution in [0.25, 0.3) is 0 Å². The third-order valence-corrected chi connectivity index (χ3v) is 6.36. The maximum absolute atomic E-state index is 4.48. The van der Waals surface area contributed by atoms with E-state index in [4.69, 9.17) is 0 Å². The Hall–Kier alpha value is -0.530. The van der Waals surface area contributed by atoms with E-state index >= 15 is 0 Å². The fourth-order valence-electron chi connectivity index (χ4n) is 3.59. The predicted octanol–water partition coefficient (Wildman–Crippen LogP) is 3.17. The molecular weight excluding hydrogens is 336 g/mol. The number of piperidine rings is 1. The highest BCUT2D eigenvalue weighted by Crippen LogP contribution is 2.56. The Bertz CT molecular complexity index is 530. The van der Waals surface area contributed by atoms with E-state index in [0.29, 0.717) is 11.5 Å². The first kappa shape index (κ1) is 16.3. The van der Waals surface area contributed by atoms with Crippen LogP contribution in [0.3, 0.4) is 0 Å². The summed E-state index contributed by atoms with van der Waals surface area (Å²) in [6, 6.07) is 0.715. The predicted molar refractivity (Wildman–Crippen MR) is 93.7 cm³/mol. The summed E-state index contributed by atoms with van der Waals surface area (Å²) in [5, 5.41) is 10.1. The van der Waals surface area contributed by atoms with E-state index in [2.05, 4.69) is 30.9 Å². The van der Waals surface area contributed by atoms with Gasteiger partial charge in [0.25, 0.3) is 0 Å². The Labute approximate surface area is 145 Å². The van der Waals surface area contributed by atoms with Crippen molar-refractivity contribution in [2.75, 3.05) is 13.1 Å². The van der Waals surface area contributed by atoms with E-state index in [1.165, 1.54) is 42.4 Å². The zero-order chi connectivity index (χ0) is 14.1. The van der Waals surface area contributed by atoms with Gasteiger partial charge in [-0.2, -0.15) is 0 Å². The fraction of sp³-hybridized carbons (Fsp3) is 0.600. The van der Waals surface area contributed by atoms with Crippen LogP contribution in [0.1, 0.15) is 29.3 Å². The van der Waals surface area contributed by atoms with Crippen molar-refractivity contribution in [3.8, 4) is 0 Å². The van der Waals surface area contributed by atoms with Gasteiger partial charge in [0, 0.05) is 29.2 Å². The largest absolute Gasteiger partial charge is 0.317 e. The lowest BCUT2D eigenvalue weighted by atomic mass is 9.93. The molecule has 1 aliphatic heterocycles. The highest BCUT2D eigenvalue weighted by molar-refractivity contribution is 7.09.